The van der Waals surface area contributed by atoms with Gasteiger partial charge in [0.25, 0.3) is 0 Å². The first kappa shape index (κ1) is 10.9. The monoisotopic (exact) mass is 216 g/mol. The van der Waals surface area contributed by atoms with E-state index in [1.165, 1.54) is 44.9 Å². The fourth-order valence-corrected chi connectivity index (χ4v) is 3.31. The molecular weight excluding hydrogens is 195 g/mol. The Balaban J connectivity index is 1.67. The molecule has 2 saturated carbocycles. The molecule has 0 spiro atoms. The molecule has 2 fully saturated rings. The summed E-state index contributed by atoms with van der Waals surface area (Å²) in [6.07, 6.45) is 11.1. The maximum absolute atomic E-state index is 5.98. The first-order valence-corrected chi connectivity index (χ1v) is 7.36. The molecule has 0 aromatic heterocycles. The average Bonchev–Trinajstić information content (AvgIpc) is 2.03. The topological polar surface area (TPSA) is 18.5 Å². The van der Waals surface area contributed by atoms with Crippen LogP contribution in [0, 0.1) is 0 Å². The Kier molecular flexibility index (Phi) is 4.22. The standard InChI is InChI=1S/C11H21O2P/c1-2-9-14(12-10-5-3-6-10)13-11-7-4-8-11/h10-11H,2-9H2,1H3. The molecule has 0 heterocycles. The Morgan fingerprint density at radius 2 is 1.50 bits per heavy atom. The molecule has 0 bridgehead atoms. The molecule has 2 rings (SSSR count). The molecule has 14 heavy (non-hydrogen) atoms. The van der Waals surface area contributed by atoms with Crippen LogP contribution in [0.25, 0.3) is 0 Å². The van der Waals surface area contributed by atoms with E-state index in [0.29, 0.717) is 12.2 Å². The molecule has 3 heteroatoms. The number of hydrogen-bond donors (Lipinski definition) is 0. The fraction of sp³-hybridized carbons (Fsp3) is 1.00. The van der Waals surface area contributed by atoms with Gasteiger partial charge in [0, 0.05) is 6.16 Å². The van der Waals surface area contributed by atoms with Crippen molar-refractivity contribution in [3.05, 3.63) is 0 Å². The van der Waals surface area contributed by atoms with Crippen LogP contribution in [0.2, 0.25) is 0 Å². The van der Waals surface area contributed by atoms with Crippen LogP contribution in [0.1, 0.15) is 51.9 Å². The summed E-state index contributed by atoms with van der Waals surface area (Å²) in [6, 6.07) is 0. The Morgan fingerprint density at radius 1 is 1.00 bits per heavy atom. The van der Waals surface area contributed by atoms with Crippen LogP contribution in [0.15, 0.2) is 0 Å². The lowest BCUT2D eigenvalue weighted by Gasteiger charge is -2.34. The highest BCUT2D eigenvalue weighted by Crippen LogP contribution is 2.47. The minimum Gasteiger partial charge on any atom is -0.331 e. The summed E-state index contributed by atoms with van der Waals surface area (Å²) < 4.78 is 12.0. The molecule has 0 amide bonds. The molecule has 0 radical (unpaired) electrons. The summed E-state index contributed by atoms with van der Waals surface area (Å²) in [5, 5.41) is 0. The van der Waals surface area contributed by atoms with Crippen molar-refractivity contribution < 1.29 is 9.05 Å². The van der Waals surface area contributed by atoms with E-state index >= 15 is 0 Å². The molecule has 0 saturated heterocycles. The van der Waals surface area contributed by atoms with Gasteiger partial charge < -0.3 is 9.05 Å². The third kappa shape index (κ3) is 2.92. The summed E-state index contributed by atoms with van der Waals surface area (Å²) in [7, 11) is -0.549. The first-order chi connectivity index (χ1) is 6.88. The zero-order valence-electron chi connectivity index (χ0n) is 9.08. The van der Waals surface area contributed by atoms with E-state index in [1.807, 2.05) is 0 Å². The van der Waals surface area contributed by atoms with Crippen molar-refractivity contribution in [2.75, 3.05) is 6.16 Å². The van der Waals surface area contributed by atoms with Gasteiger partial charge in [-0.3, -0.25) is 0 Å². The lowest BCUT2D eigenvalue weighted by atomic mass is 9.97. The maximum atomic E-state index is 5.98. The van der Waals surface area contributed by atoms with E-state index in [4.69, 9.17) is 9.05 Å². The lowest BCUT2D eigenvalue weighted by Crippen LogP contribution is -2.24. The summed E-state index contributed by atoms with van der Waals surface area (Å²) in [5.41, 5.74) is 0. The summed E-state index contributed by atoms with van der Waals surface area (Å²) >= 11 is 0. The smallest absolute Gasteiger partial charge is 0.170 e. The Labute approximate surface area is 88.3 Å². The van der Waals surface area contributed by atoms with Crippen molar-refractivity contribution in [2.45, 2.75) is 64.1 Å². The van der Waals surface area contributed by atoms with Crippen molar-refractivity contribution in [1.82, 2.24) is 0 Å². The van der Waals surface area contributed by atoms with Crippen molar-refractivity contribution >= 4 is 8.38 Å². The van der Waals surface area contributed by atoms with Crippen LogP contribution >= 0.6 is 8.38 Å². The molecular formula is C11H21O2P. The highest BCUT2D eigenvalue weighted by Gasteiger charge is 2.27. The van der Waals surface area contributed by atoms with Gasteiger partial charge in [-0.2, -0.15) is 0 Å². The molecule has 2 aliphatic carbocycles. The van der Waals surface area contributed by atoms with Gasteiger partial charge in [-0.15, -0.1) is 0 Å². The Morgan fingerprint density at radius 3 is 1.79 bits per heavy atom. The zero-order valence-corrected chi connectivity index (χ0v) is 9.97. The maximum Gasteiger partial charge on any atom is 0.170 e. The van der Waals surface area contributed by atoms with Crippen LogP contribution in [-0.4, -0.2) is 18.4 Å². The van der Waals surface area contributed by atoms with Gasteiger partial charge >= 0.3 is 0 Å². The predicted octanol–water partition coefficient (Wildman–Crippen LogP) is 3.85. The molecule has 2 aliphatic rings. The van der Waals surface area contributed by atoms with Crippen molar-refractivity contribution in [2.24, 2.45) is 0 Å². The van der Waals surface area contributed by atoms with Crippen molar-refractivity contribution in [3.63, 3.8) is 0 Å². The minimum atomic E-state index is -0.549. The second-order valence-electron chi connectivity index (χ2n) is 4.37. The normalized spacial score (nSPS) is 23.6. The number of rotatable bonds is 6. The second-order valence-corrected chi connectivity index (χ2v) is 5.91. The van der Waals surface area contributed by atoms with E-state index in [-0.39, 0.29) is 0 Å². The molecule has 2 nitrogen and oxygen atoms in total. The van der Waals surface area contributed by atoms with Crippen LogP contribution in [0.3, 0.4) is 0 Å². The minimum absolute atomic E-state index is 0.535. The van der Waals surface area contributed by atoms with E-state index in [2.05, 4.69) is 6.92 Å². The summed E-state index contributed by atoms with van der Waals surface area (Å²) in [4.78, 5) is 0. The number of hydrogen-bond acceptors (Lipinski definition) is 2. The zero-order chi connectivity index (χ0) is 9.80. The third-order valence-corrected chi connectivity index (χ3v) is 4.92. The van der Waals surface area contributed by atoms with Gasteiger partial charge in [-0.25, -0.2) is 0 Å². The molecule has 82 valence electrons. The van der Waals surface area contributed by atoms with E-state index < -0.39 is 8.38 Å². The van der Waals surface area contributed by atoms with Crippen LogP contribution in [-0.2, 0) is 9.05 Å². The fourth-order valence-electron chi connectivity index (χ4n) is 1.60. The van der Waals surface area contributed by atoms with Gasteiger partial charge in [0.1, 0.15) is 0 Å². The van der Waals surface area contributed by atoms with Gasteiger partial charge in [0.2, 0.25) is 0 Å². The highest BCUT2D eigenvalue weighted by molar-refractivity contribution is 7.47. The molecule has 0 unspecified atom stereocenters. The molecule has 0 N–H and O–H groups in total. The highest BCUT2D eigenvalue weighted by atomic mass is 31.2. The van der Waals surface area contributed by atoms with Gasteiger partial charge in [-0.1, -0.05) is 6.92 Å². The van der Waals surface area contributed by atoms with Gasteiger partial charge in [0.15, 0.2) is 8.38 Å². The summed E-state index contributed by atoms with van der Waals surface area (Å²) in [6.45, 7) is 2.21. The Bertz CT molecular complexity index is 151. The van der Waals surface area contributed by atoms with Crippen LogP contribution < -0.4 is 0 Å². The molecule has 0 atom stereocenters. The first-order valence-electron chi connectivity index (χ1n) is 5.99. The summed E-state index contributed by atoms with van der Waals surface area (Å²) in [5.74, 6) is 0. The largest absolute Gasteiger partial charge is 0.331 e. The van der Waals surface area contributed by atoms with Crippen LogP contribution in [0.4, 0.5) is 0 Å². The Hall–Kier alpha value is 0.350. The van der Waals surface area contributed by atoms with E-state index in [9.17, 15) is 0 Å². The molecule has 0 aromatic rings. The van der Waals surface area contributed by atoms with E-state index in [0.717, 1.165) is 6.16 Å². The van der Waals surface area contributed by atoms with Crippen molar-refractivity contribution in [1.29, 1.82) is 0 Å². The average molecular weight is 216 g/mol. The lowest BCUT2D eigenvalue weighted by molar-refractivity contribution is 0.0703. The third-order valence-electron chi connectivity index (χ3n) is 3.04. The second kappa shape index (κ2) is 5.44. The van der Waals surface area contributed by atoms with Gasteiger partial charge in [0.05, 0.1) is 12.2 Å². The van der Waals surface area contributed by atoms with Crippen molar-refractivity contribution in [3.8, 4) is 0 Å². The quantitative estimate of drug-likeness (QED) is 0.628. The van der Waals surface area contributed by atoms with Crippen LogP contribution in [0.5, 0.6) is 0 Å². The SMILES string of the molecule is CCCP(OC1CCC1)OC1CCC1. The molecule has 0 aromatic carbocycles. The predicted molar refractivity (Wildman–Crippen MR) is 59.5 cm³/mol. The molecule has 0 aliphatic heterocycles. The van der Waals surface area contributed by atoms with E-state index in [1.54, 1.807) is 0 Å². The van der Waals surface area contributed by atoms with Gasteiger partial charge in [-0.05, 0) is 44.9 Å².